The molecule has 158 valence electrons. The van der Waals surface area contributed by atoms with Crippen molar-refractivity contribution in [1.29, 1.82) is 0 Å². The maximum Gasteiger partial charge on any atom is 0.309 e. The van der Waals surface area contributed by atoms with Crippen LogP contribution in [-0.2, 0) is 22.4 Å². The van der Waals surface area contributed by atoms with E-state index in [2.05, 4.69) is 26.0 Å². The summed E-state index contributed by atoms with van der Waals surface area (Å²) in [6.07, 6.45) is 7.09. The second-order valence-corrected chi connectivity index (χ2v) is 9.45. The third-order valence-corrected chi connectivity index (χ3v) is 6.01. The van der Waals surface area contributed by atoms with E-state index in [1.54, 1.807) is 27.7 Å². The number of carboxylic acid groups (broad SMARTS) is 2. The fraction of sp³-hybridized carbons (Fsp3) is 0.667. The van der Waals surface area contributed by atoms with Crippen LogP contribution in [0.1, 0.15) is 88.5 Å². The number of hydrogen-bond acceptors (Lipinski definition) is 2. The number of carboxylic acids is 2. The van der Waals surface area contributed by atoms with Crippen molar-refractivity contribution in [2.24, 2.45) is 10.8 Å². The van der Waals surface area contributed by atoms with Gasteiger partial charge in [-0.3, -0.25) is 9.59 Å². The Bertz CT molecular complexity index is 627. The molecule has 4 heteroatoms. The molecule has 0 spiro atoms. The van der Waals surface area contributed by atoms with Crippen molar-refractivity contribution in [3.05, 3.63) is 34.4 Å². The molecule has 1 aromatic rings. The number of rotatable bonds is 12. The zero-order chi connectivity index (χ0) is 21.5. The molecule has 0 saturated heterocycles. The topological polar surface area (TPSA) is 74.6 Å². The smallest absolute Gasteiger partial charge is 0.309 e. The minimum Gasteiger partial charge on any atom is -0.481 e. The van der Waals surface area contributed by atoms with Gasteiger partial charge < -0.3 is 10.2 Å². The Labute approximate surface area is 170 Å². The predicted octanol–water partition coefficient (Wildman–Crippen LogP) is 5.95. The first-order chi connectivity index (χ1) is 12.9. The zero-order valence-corrected chi connectivity index (χ0v) is 18.5. The maximum absolute atomic E-state index is 11.3. The van der Waals surface area contributed by atoms with Gasteiger partial charge in [0.15, 0.2) is 0 Å². The normalized spacial score (nSPS) is 12.2. The molecule has 0 aliphatic heterocycles. The van der Waals surface area contributed by atoms with Crippen LogP contribution < -0.4 is 0 Å². The summed E-state index contributed by atoms with van der Waals surface area (Å²) in [7, 11) is 0. The molecular formula is C24H38O4. The van der Waals surface area contributed by atoms with Crippen LogP contribution in [0.2, 0.25) is 0 Å². The average Bonchev–Trinajstić information content (AvgIpc) is 2.59. The van der Waals surface area contributed by atoms with Gasteiger partial charge in [-0.05, 0) is 102 Å². The lowest BCUT2D eigenvalue weighted by molar-refractivity contribution is -0.148. The number of benzene rings is 1. The average molecular weight is 391 g/mol. The lowest BCUT2D eigenvalue weighted by atomic mass is 9.84. The molecule has 0 saturated carbocycles. The van der Waals surface area contributed by atoms with Crippen molar-refractivity contribution in [2.75, 3.05) is 0 Å². The molecule has 0 amide bonds. The number of hydrogen-bond donors (Lipinski definition) is 2. The SMILES string of the molecule is Cc1ccc(C)c(CCCCC(C)(C)C(=O)O)c1CCCCC(C)(C)C(=O)O. The third kappa shape index (κ3) is 6.96. The molecule has 0 radical (unpaired) electrons. The molecule has 0 aromatic heterocycles. The number of aryl methyl sites for hydroxylation is 2. The van der Waals surface area contributed by atoms with E-state index in [4.69, 9.17) is 0 Å². The van der Waals surface area contributed by atoms with Crippen molar-refractivity contribution < 1.29 is 19.8 Å². The lowest BCUT2D eigenvalue weighted by Crippen LogP contribution is -2.23. The van der Waals surface area contributed by atoms with E-state index >= 15 is 0 Å². The van der Waals surface area contributed by atoms with Gasteiger partial charge in [-0.1, -0.05) is 25.0 Å². The minimum atomic E-state index is -0.732. The highest BCUT2D eigenvalue weighted by atomic mass is 16.4. The van der Waals surface area contributed by atoms with Crippen molar-refractivity contribution in [2.45, 2.75) is 92.9 Å². The van der Waals surface area contributed by atoms with Gasteiger partial charge in [-0.15, -0.1) is 0 Å². The molecular weight excluding hydrogens is 352 g/mol. The molecule has 0 aliphatic rings. The van der Waals surface area contributed by atoms with E-state index in [1.807, 2.05) is 0 Å². The third-order valence-electron chi connectivity index (χ3n) is 6.01. The van der Waals surface area contributed by atoms with Crippen LogP contribution in [0.3, 0.4) is 0 Å². The van der Waals surface area contributed by atoms with Crippen LogP contribution >= 0.6 is 0 Å². The van der Waals surface area contributed by atoms with Crippen molar-refractivity contribution in [3.8, 4) is 0 Å². The monoisotopic (exact) mass is 390 g/mol. The summed E-state index contributed by atoms with van der Waals surface area (Å²) in [6.45, 7) is 11.4. The van der Waals surface area contributed by atoms with Crippen LogP contribution in [-0.4, -0.2) is 22.2 Å². The Kier molecular flexibility index (Phi) is 8.72. The van der Waals surface area contributed by atoms with Gasteiger partial charge in [0.05, 0.1) is 10.8 Å². The molecule has 0 atom stereocenters. The highest BCUT2D eigenvalue weighted by Gasteiger charge is 2.27. The fourth-order valence-corrected chi connectivity index (χ4v) is 3.57. The number of aliphatic carboxylic acids is 2. The van der Waals surface area contributed by atoms with E-state index < -0.39 is 22.8 Å². The van der Waals surface area contributed by atoms with Gasteiger partial charge >= 0.3 is 11.9 Å². The summed E-state index contributed by atoms with van der Waals surface area (Å²) in [4.78, 5) is 22.5. The highest BCUT2D eigenvalue weighted by Crippen LogP contribution is 2.28. The van der Waals surface area contributed by atoms with Crippen molar-refractivity contribution in [1.82, 2.24) is 0 Å². The van der Waals surface area contributed by atoms with Gasteiger partial charge in [-0.25, -0.2) is 0 Å². The molecule has 4 nitrogen and oxygen atoms in total. The Balaban J connectivity index is 2.68. The van der Waals surface area contributed by atoms with Crippen LogP contribution in [0.15, 0.2) is 12.1 Å². The van der Waals surface area contributed by atoms with Gasteiger partial charge in [0, 0.05) is 0 Å². The van der Waals surface area contributed by atoms with Gasteiger partial charge in [0.25, 0.3) is 0 Å². The van der Waals surface area contributed by atoms with Gasteiger partial charge in [-0.2, -0.15) is 0 Å². The summed E-state index contributed by atoms with van der Waals surface area (Å²) in [6, 6.07) is 4.34. The van der Waals surface area contributed by atoms with E-state index in [1.165, 1.54) is 22.3 Å². The van der Waals surface area contributed by atoms with Crippen LogP contribution in [0.5, 0.6) is 0 Å². The highest BCUT2D eigenvalue weighted by molar-refractivity contribution is 5.73. The zero-order valence-electron chi connectivity index (χ0n) is 18.5. The molecule has 0 bridgehead atoms. The maximum atomic E-state index is 11.3. The predicted molar refractivity (Wildman–Crippen MR) is 114 cm³/mol. The van der Waals surface area contributed by atoms with Gasteiger partial charge in [0.1, 0.15) is 0 Å². The van der Waals surface area contributed by atoms with Crippen LogP contribution in [0, 0.1) is 24.7 Å². The molecule has 0 heterocycles. The molecule has 1 aromatic carbocycles. The molecule has 0 fully saturated rings. The second kappa shape index (κ2) is 10.1. The minimum absolute atomic E-state index is 0.665. The summed E-state index contributed by atoms with van der Waals surface area (Å²) in [5.41, 5.74) is 4.05. The van der Waals surface area contributed by atoms with Crippen molar-refractivity contribution >= 4 is 11.9 Å². The number of unbranched alkanes of at least 4 members (excludes halogenated alkanes) is 2. The standard InChI is InChI=1S/C24H38O4/c1-17-13-14-18(2)20(12-8-10-16-24(5,6)22(27)28)19(17)11-7-9-15-23(3,4)21(25)26/h13-14H,7-12,15-16H2,1-6H3,(H,25,26)(H,27,28). The first-order valence-corrected chi connectivity index (χ1v) is 10.4. The summed E-state index contributed by atoms with van der Waals surface area (Å²) >= 11 is 0. The summed E-state index contributed by atoms with van der Waals surface area (Å²) < 4.78 is 0. The van der Waals surface area contributed by atoms with E-state index in [9.17, 15) is 19.8 Å². The first-order valence-electron chi connectivity index (χ1n) is 10.4. The van der Waals surface area contributed by atoms with Crippen LogP contribution in [0.4, 0.5) is 0 Å². The molecule has 1 rings (SSSR count). The largest absolute Gasteiger partial charge is 0.481 e. The fourth-order valence-electron chi connectivity index (χ4n) is 3.57. The Morgan fingerprint density at radius 3 is 1.32 bits per heavy atom. The van der Waals surface area contributed by atoms with E-state index in [-0.39, 0.29) is 0 Å². The molecule has 0 unspecified atom stereocenters. The Morgan fingerprint density at radius 1 is 0.714 bits per heavy atom. The Morgan fingerprint density at radius 2 is 1.04 bits per heavy atom. The molecule has 0 aliphatic carbocycles. The lowest BCUT2D eigenvalue weighted by Gasteiger charge is -2.20. The van der Waals surface area contributed by atoms with E-state index in [0.29, 0.717) is 12.8 Å². The van der Waals surface area contributed by atoms with Gasteiger partial charge in [0.2, 0.25) is 0 Å². The van der Waals surface area contributed by atoms with E-state index in [0.717, 1.165) is 38.5 Å². The van der Waals surface area contributed by atoms with Crippen LogP contribution in [0.25, 0.3) is 0 Å². The Hall–Kier alpha value is -1.84. The summed E-state index contributed by atoms with van der Waals surface area (Å²) in [5.74, 6) is -1.46. The summed E-state index contributed by atoms with van der Waals surface area (Å²) in [5, 5.41) is 18.5. The quantitative estimate of drug-likeness (QED) is 0.432. The number of carbonyl (C=O) groups is 2. The molecule has 28 heavy (non-hydrogen) atoms. The first kappa shape index (κ1) is 24.2. The van der Waals surface area contributed by atoms with Crippen molar-refractivity contribution in [3.63, 3.8) is 0 Å². The second-order valence-electron chi connectivity index (χ2n) is 9.45. The molecule has 2 N–H and O–H groups in total.